The highest BCUT2D eigenvalue weighted by atomic mass is 16.7. The summed E-state index contributed by atoms with van der Waals surface area (Å²) in [5.41, 5.74) is 0. The third kappa shape index (κ3) is 55.3. The fourth-order valence-electron chi connectivity index (χ4n) is 12.3. The van der Waals surface area contributed by atoms with E-state index >= 15 is 0 Å². The molecule has 0 aliphatic carbocycles. The minimum Gasteiger partial charge on any atom is -0.394 e. The van der Waals surface area contributed by atoms with Gasteiger partial charge in [0, 0.05) is 6.42 Å². The average Bonchev–Trinajstić information content (AvgIpc) is 3.37. The zero-order chi connectivity index (χ0) is 62.8. The molecule has 9 nitrogen and oxygen atoms in total. The van der Waals surface area contributed by atoms with Gasteiger partial charge in [-0.05, 0) is 57.8 Å². The predicted molar refractivity (Wildman–Crippen MR) is 373 cm³/mol. The molecule has 0 radical (unpaired) electrons. The van der Waals surface area contributed by atoms with Crippen LogP contribution in [0.2, 0.25) is 0 Å². The SMILES string of the molecule is CC/C=C\C/C=C\C/C=C\C/C=C\C/C=C\CCCCCCCCCCCCCCCCCCCCCCCC(=O)NC(COC1OC(CO)C(O)C(O)C1O)C(O)CCCCCCCCCCCCCCCCCCCCCCCCCCCCC. The van der Waals surface area contributed by atoms with Gasteiger partial charge in [-0.1, -0.05) is 370 Å². The number of rotatable bonds is 67. The Bertz CT molecular complexity index is 1560. The highest BCUT2D eigenvalue weighted by molar-refractivity contribution is 5.76. The third-order valence-electron chi connectivity index (χ3n) is 18.1. The van der Waals surface area contributed by atoms with Gasteiger partial charge in [-0.2, -0.15) is 0 Å². The lowest BCUT2D eigenvalue weighted by atomic mass is 9.99. The standard InChI is InChI=1S/C78H145NO8/c1-3-5-7-9-11-13-15-17-19-21-23-25-27-29-31-32-33-34-35-36-37-38-39-40-42-44-46-48-50-52-54-56-58-60-62-64-66-68-74(82)79-71(70-86-78-77(85)76(84)75(83)73(69-80)87-78)72(81)67-65-63-61-59-57-55-53-51-49-47-45-43-41-30-28-26-24-22-20-18-16-14-12-10-8-6-4-2/h5,7,11,13,17,19,23,25,29,31,71-73,75-78,80-81,83-85H,3-4,6,8-10,12,14-16,18,20-22,24,26-28,30,32-70H2,1-2H3,(H,79,82)/b7-5-,13-11-,19-17-,25-23-,31-29-. The van der Waals surface area contributed by atoms with Crippen molar-refractivity contribution in [2.45, 2.75) is 416 Å². The minimum absolute atomic E-state index is 0.135. The molecule has 6 N–H and O–H groups in total. The number of carbonyl (C=O) groups is 1. The van der Waals surface area contributed by atoms with Crippen LogP contribution in [0.15, 0.2) is 60.8 Å². The largest absolute Gasteiger partial charge is 0.394 e. The number of ether oxygens (including phenoxy) is 2. The van der Waals surface area contributed by atoms with Gasteiger partial charge in [0.2, 0.25) is 5.91 Å². The van der Waals surface area contributed by atoms with Gasteiger partial charge in [-0.3, -0.25) is 4.79 Å². The van der Waals surface area contributed by atoms with E-state index in [9.17, 15) is 30.3 Å². The fraction of sp³-hybridized carbons (Fsp3) is 0.859. The monoisotopic (exact) mass is 1220 g/mol. The summed E-state index contributed by atoms with van der Waals surface area (Å²) in [5.74, 6) is -0.137. The van der Waals surface area contributed by atoms with Crippen LogP contribution in [0.25, 0.3) is 0 Å². The Kier molecular flexibility index (Phi) is 63.7. The topological polar surface area (TPSA) is 149 Å². The molecule has 1 heterocycles. The highest BCUT2D eigenvalue weighted by Gasteiger charge is 2.44. The van der Waals surface area contributed by atoms with E-state index in [4.69, 9.17) is 9.47 Å². The van der Waals surface area contributed by atoms with Gasteiger partial charge < -0.3 is 40.3 Å². The molecule has 9 heteroatoms. The van der Waals surface area contributed by atoms with E-state index in [0.29, 0.717) is 12.8 Å². The van der Waals surface area contributed by atoms with Gasteiger partial charge in [0.25, 0.3) is 0 Å². The highest BCUT2D eigenvalue weighted by Crippen LogP contribution is 2.24. The molecule has 7 atom stereocenters. The van der Waals surface area contributed by atoms with Crippen molar-refractivity contribution in [2.24, 2.45) is 0 Å². The summed E-state index contributed by atoms with van der Waals surface area (Å²) in [6.07, 6.45) is 86.0. The van der Waals surface area contributed by atoms with Crippen molar-refractivity contribution in [3.63, 3.8) is 0 Å². The molecule has 0 spiro atoms. The van der Waals surface area contributed by atoms with Crippen molar-refractivity contribution >= 4 is 5.91 Å². The summed E-state index contributed by atoms with van der Waals surface area (Å²) in [6.45, 7) is 3.78. The Morgan fingerprint density at radius 2 is 0.713 bits per heavy atom. The molecule has 1 aliphatic heterocycles. The first-order valence-corrected chi connectivity index (χ1v) is 38.0. The van der Waals surface area contributed by atoms with Crippen molar-refractivity contribution in [1.29, 1.82) is 0 Å². The summed E-state index contributed by atoms with van der Waals surface area (Å²) in [6, 6.07) is -0.721. The molecule has 7 unspecified atom stereocenters. The van der Waals surface area contributed by atoms with Crippen LogP contribution in [0, 0.1) is 0 Å². The van der Waals surface area contributed by atoms with E-state index in [1.54, 1.807) is 0 Å². The number of aliphatic hydroxyl groups excluding tert-OH is 5. The summed E-state index contributed by atoms with van der Waals surface area (Å²) < 4.78 is 11.4. The van der Waals surface area contributed by atoms with E-state index in [1.807, 2.05) is 0 Å². The Morgan fingerprint density at radius 1 is 0.402 bits per heavy atom. The average molecular weight is 1230 g/mol. The normalized spacial score (nSPS) is 18.3. The van der Waals surface area contributed by atoms with E-state index in [0.717, 1.165) is 70.6 Å². The van der Waals surface area contributed by atoms with Gasteiger partial charge in [-0.15, -0.1) is 0 Å². The van der Waals surface area contributed by atoms with Gasteiger partial charge in [0.1, 0.15) is 24.4 Å². The van der Waals surface area contributed by atoms with Gasteiger partial charge in [0.15, 0.2) is 6.29 Å². The summed E-state index contributed by atoms with van der Waals surface area (Å²) in [5, 5.41) is 55.0. The molecule has 1 aliphatic rings. The number of amides is 1. The minimum atomic E-state index is -1.55. The zero-order valence-electron chi connectivity index (χ0n) is 57.3. The zero-order valence-corrected chi connectivity index (χ0v) is 57.3. The van der Waals surface area contributed by atoms with Crippen LogP contribution >= 0.6 is 0 Å². The molecular formula is C78H145NO8. The second kappa shape index (κ2) is 66.8. The van der Waals surface area contributed by atoms with Crippen molar-refractivity contribution in [3.05, 3.63) is 60.8 Å². The second-order valence-corrected chi connectivity index (χ2v) is 26.4. The van der Waals surface area contributed by atoms with Gasteiger partial charge >= 0.3 is 0 Å². The van der Waals surface area contributed by atoms with Crippen molar-refractivity contribution in [1.82, 2.24) is 5.32 Å². The molecule has 510 valence electrons. The molecule has 1 rings (SSSR count). The van der Waals surface area contributed by atoms with Crippen LogP contribution in [0.5, 0.6) is 0 Å². The quantitative estimate of drug-likeness (QED) is 0.0261. The lowest BCUT2D eigenvalue weighted by Gasteiger charge is -2.40. The number of hydrogen-bond acceptors (Lipinski definition) is 8. The maximum atomic E-state index is 13.2. The van der Waals surface area contributed by atoms with Crippen LogP contribution in [0.3, 0.4) is 0 Å². The van der Waals surface area contributed by atoms with Gasteiger partial charge in [-0.25, -0.2) is 0 Å². The van der Waals surface area contributed by atoms with Crippen molar-refractivity contribution in [2.75, 3.05) is 13.2 Å². The van der Waals surface area contributed by atoms with Crippen molar-refractivity contribution < 1.29 is 39.8 Å². The van der Waals surface area contributed by atoms with Crippen LogP contribution in [0.4, 0.5) is 0 Å². The Morgan fingerprint density at radius 3 is 1.06 bits per heavy atom. The molecule has 0 aromatic heterocycles. The Labute approximate surface area is 538 Å². The lowest BCUT2D eigenvalue weighted by molar-refractivity contribution is -0.302. The van der Waals surface area contributed by atoms with Crippen LogP contribution in [-0.2, 0) is 14.3 Å². The Hall–Kier alpha value is -2.11. The molecule has 0 aromatic carbocycles. The van der Waals surface area contributed by atoms with Crippen LogP contribution in [0.1, 0.15) is 373 Å². The maximum Gasteiger partial charge on any atom is 0.220 e. The first-order chi connectivity index (χ1) is 42.8. The number of unbranched alkanes of at least 4 members (excludes halogenated alkanes) is 47. The number of allylic oxidation sites excluding steroid dienone is 10. The number of carbonyl (C=O) groups excluding carboxylic acids is 1. The van der Waals surface area contributed by atoms with Crippen molar-refractivity contribution in [3.8, 4) is 0 Å². The first kappa shape index (κ1) is 82.9. The summed E-state index contributed by atoms with van der Waals surface area (Å²) >= 11 is 0. The number of hydrogen-bond donors (Lipinski definition) is 6. The van der Waals surface area contributed by atoms with E-state index in [2.05, 4.69) is 79.9 Å². The summed E-state index contributed by atoms with van der Waals surface area (Å²) in [7, 11) is 0. The predicted octanol–water partition coefficient (Wildman–Crippen LogP) is 21.3. The molecule has 87 heavy (non-hydrogen) atoms. The van der Waals surface area contributed by atoms with Gasteiger partial charge in [0.05, 0.1) is 25.4 Å². The molecule has 0 bridgehead atoms. The van der Waals surface area contributed by atoms with E-state index < -0.39 is 49.5 Å². The smallest absolute Gasteiger partial charge is 0.220 e. The molecule has 1 fully saturated rings. The third-order valence-corrected chi connectivity index (χ3v) is 18.1. The number of aliphatic hydroxyl groups is 5. The molecule has 0 saturated carbocycles. The molecular weight excluding hydrogens is 1080 g/mol. The fourth-order valence-corrected chi connectivity index (χ4v) is 12.3. The Balaban J connectivity index is 2.06. The van der Waals surface area contributed by atoms with E-state index in [1.165, 1.54) is 276 Å². The molecule has 1 saturated heterocycles. The summed E-state index contributed by atoms with van der Waals surface area (Å²) in [4.78, 5) is 13.2. The molecule has 0 aromatic rings. The van der Waals surface area contributed by atoms with E-state index in [-0.39, 0.29) is 12.5 Å². The number of nitrogens with one attached hydrogen (secondary N) is 1. The lowest BCUT2D eigenvalue weighted by Crippen LogP contribution is -2.60. The molecule has 1 amide bonds. The van der Waals surface area contributed by atoms with Crippen LogP contribution in [-0.4, -0.2) is 87.5 Å². The first-order valence-electron chi connectivity index (χ1n) is 38.0. The van der Waals surface area contributed by atoms with Crippen LogP contribution < -0.4 is 5.32 Å². The second-order valence-electron chi connectivity index (χ2n) is 26.4. The maximum absolute atomic E-state index is 13.2.